The maximum absolute atomic E-state index is 4.96. The molecule has 0 bridgehead atoms. The second kappa shape index (κ2) is 5.56. The van der Waals surface area contributed by atoms with Crippen molar-refractivity contribution in [3.05, 3.63) is 0 Å². The third-order valence-electron chi connectivity index (χ3n) is 2.04. The molecule has 1 saturated carbocycles. The van der Waals surface area contributed by atoms with Gasteiger partial charge in [-0.05, 0) is 38.6 Å². The summed E-state index contributed by atoms with van der Waals surface area (Å²) >= 11 is 0. The molecule has 0 aromatic heterocycles. The van der Waals surface area contributed by atoms with Crippen LogP contribution >= 0.6 is 0 Å². The zero-order chi connectivity index (χ0) is 7.94. The fourth-order valence-corrected chi connectivity index (χ4v) is 1.14. The minimum Gasteiger partial charge on any atom is -0.385 e. The van der Waals surface area contributed by atoms with E-state index < -0.39 is 0 Å². The van der Waals surface area contributed by atoms with Crippen LogP contribution in [0.2, 0.25) is 0 Å². The lowest BCUT2D eigenvalue weighted by atomic mass is 10.2. The van der Waals surface area contributed by atoms with Crippen molar-refractivity contribution in [2.24, 2.45) is 0 Å². The molecule has 0 saturated heterocycles. The molecule has 1 rings (SSSR count). The molecule has 0 spiro atoms. The van der Waals surface area contributed by atoms with Crippen molar-refractivity contribution in [3.8, 4) is 0 Å². The lowest BCUT2D eigenvalue weighted by Crippen LogP contribution is -2.17. The summed E-state index contributed by atoms with van der Waals surface area (Å²) in [6.45, 7) is 2.12. The maximum Gasteiger partial charge on any atom is 0.0462 e. The number of nitrogens with one attached hydrogen (secondary N) is 1. The van der Waals surface area contributed by atoms with Crippen LogP contribution in [0, 0.1) is 0 Å². The van der Waals surface area contributed by atoms with Crippen molar-refractivity contribution in [3.63, 3.8) is 0 Å². The summed E-state index contributed by atoms with van der Waals surface area (Å²) in [6.07, 6.45) is 6.62. The zero-order valence-corrected chi connectivity index (χ0v) is 7.44. The average molecular weight is 157 g/mol. The van der Waals surface area contributed by atoms with Gasteiger partial charge in [-0.2, -0.15) is 0 Å². The predicted molar refractivity (Wildman–Crippen MR) is 46.8 cm³/mol. The first-order chi connectivity index (χ1) is 5.43. The van der Waals surface area contributed by atoms with E-state index >= 15 is 0 Å². The molecule has 0 atom stereocenters. The fraction of sp³-hybridized carbons (Fsp3) is 1.00. The summed E-state index contributed by atoms with van der Waals surface area (Å²) in [5.41, 5.74) is 0. The Hall–Kier alpha value is -0.0800. The van der Waals surface area contributed by atoms with E-state index in [0.717, 1.165) is 12.6 Å². The van der Waals surface area contributed by atoms with Crippen LogP contribution in [-0.4, -0.2) is 26.3 Å². The number of methoxy groups -OCH3 is 1. The molecular formula is C9H19NO. The largest absolute Gasteiger partial charge is 0.385 e. The quantitative estimate of drug-likeness (QED) is 0.566. The minimum atomic E-state index is 0.873. The lowest BCUT2D eigenvalue weighted by Gasteiger charge is -2.01. The van der Waals surface area contributed by atoms with Gasteiger partial charge in [0.25, 0.3) is 0 Å². The van der Waals surface area contributed by atoms with Gasteiger partial charge in [-0.15, -0.1) is 0 Å². The van der Waals surface area contributed by atoms with Gasteiger partial charge in [0.15, 0.2) is 0 Å². The van der Waals surface area contributed by atoms with Crippen LogP contribution in [-0.2, 0) is 4.74 Å². The smallest absolute Gasteiger partial charge is 0.0462 e. The van der Waals surface area contributed by atoms with Gasteiger partial charge in [0.05, 0.1) is 0 Å². The van der Waals surface area contributed by atoms with Crippen LogP contribution in [0.15, 0.2) is 0 Å². The van der Waals surface area contributed by atoms with Crippen LogP contribution in [0.1, 0.15) is 32.1 Å². The molecule has 0 aliphatic heterocycles. The van der Waals surface area contributed by atoms with Gasteiger partial charge >= 0.3 is 0 Å². The van der Waals surface area contributed by atoms with Crippen LogP contribution < -0.4 is 5.32 Å². The van der Waals surface area contributed by atoms with E-state index in [1.807, 2.05) is 0 Å². The number of unbranched alkanes of at least 4 members (excludes halogenated alkanes) is 2. The van der Waals surface area contributed by atoms with Crippen molar-refractivity contribution in [2.45, 2.75) is 38.1 Å². The number of hydrogen-bond acceptors (Lipinski definition) is 2. The molecular weight excluding hydrogens is 138 g/mol. The SMILES string of the molecule is COCCCCCNC1CC1. The molecule has 0 heterocycles. The summed E-state index contributed by atoms with van der Waals surface area (Å²) < 4.78 is 4.96. The van der Waals surface area contributed by atoms with Crippen molar-refractivity contribution in [2.75, 3.05) is 20.3 Å². The third-order valence-corrected chi connectivity index (χ3v) is 2.04. The molecule has 0 radical (unpaired) electrons. The molecule has 1 aliphatic carbocycles. The molecule has 0 aromatic carbocycles. The fourth-order valence-electron chi connectivity index (χ4n) is 1.14. The lowest BCUT2D eigenvalue weighted by molar-refractivity contribution is 0.192. The molecule has 0 aromatic rings. The van der Waals surface area contributed by atoms with Crippen LogP contribution in [0.25, 0.3) is 0 Å². The van der Waals surface area contributed by atoms with Gasteiger partial charge in [0, 0.05) is 19.8 Å². The summed E-state index contributed by atoms with van der Waals surface area (Å²) in [5.74, 6) is 0. The summed E-state index contributed by atoms with van der Waals surface area (Å²) in [6, 6.07) is 0.873. The summed E-state index contributed by atoms with van der Waals surface area (Å²) in [4.78, 5) is 0. The highest BCUT2D eigenvalue weighted by Gasteiger charge is 2.19. The zero-order valence-electron chi connectivity index (χ0n) is 7.44. The highest BCUT2D eigenvalue weighted by Crippen LogP contribution is 2.18. The van der Waals surface area contributed by atoms with Crippen LogP contribution in [0.5, 0.6) is 0 Å². The second-order valence-electron chi connectivity index (χ2n) is 3.28. The Morgan fingerprint density at radius 1 is 1.27 bits per heavy atom. The average Bonchev–Trinajstić information content (AvgIpc) is 2.80. The number of hydrogen-bond donors (Lipinski definition) is 1. The molecule has 1 aliphatic rings. The molecule has 66 valence electrons. The Bertz CT molecular complexity index is 91.6. The monoisotopic (exact) mass is 157 g/mol. The van der Waals surface area contributed by atoms with Crippen molar-refractivity contribution in [1.82, 2.24) is 5.32 Å². The molecule has 0 amide bonds. The number of ether oxygens (including phenoxy) is 1. The molecule has 2 heteroatoms. The van der Waals surface area contributed by atoms with E-state index in [4.69, 9.17) is 4.74 Å². The van der Waals surface area contributed by atoms with E-state index in [1.165, 1.54) is 38.6 Å². The van der Waals surface area contributed by atoms with Gasteiger partial charge in [-0.3, -0.25) is 0 Å². The first kappa shape index (κ1) is 9.01. The summed E-state index contributed by atoms with van der Waals surface area (Å²) in [7, 11) is 1.77. The van der Waals surface area contributed by atoms with E-state index in [2.05, 4.69) is 5.32 Å². The first-order valence-corrected chi connectivity index (χ1v) is 4.66. The molecule has 0 unspecified atom stereocenters. The Morgan fingerprint density at radius 3 is 2.73 bits per heavy atom. The van der Waals surface area contributed by atoms with Crippen molar-refractivity contribution >= 4 is 0 Å². The Balaban J connectivity index is 1.66. The Labute approximate surface area is 69.3 Å². The normalized spacial score (nSPS) is 17.2. The standard InChI is InChI=1S/C9H19NO/c1-11-8-4-2-3-7-10-9-5-6-9/h9-10H,2-8H2,1H3. The van der Waals surface area contributed by atoms with Crippen molar-refractivity contribution in [1.29, 1.82) is 0 Å². The summed E-state index contributed by atoms with van der Waals surface area (Å²) in [5, 5.41) is 3.49. The first-order valence-electron chi connectivity index (χ1n) is 4.66. The van der Waals surface area contributed by atoms with Crippen molar-refractivity contribution < 1.29 is 4.74 Å². The van der Waals surface area contributed by atoms with Gasteiger partial charge < -0.3 is 10.1 Å². The topological polar surface area (TPSA) is 21.3 Å². The van der Waals surface area contributed by atoms with Crippen LogP contribution in [0.4, 0.5) is 0 Å². The molecule has 1 N–H and O–H groups in total. The van der Waals surface area contributed by atoms with Gasteiger partial charge in [0.2, 0.25) is 0 Å². The second-order valence-corrected chi connectivity index (χ2v) is 3.28. The number of rotatable bonds is 7. The highest BCUT2D eigenvalue weighted by molar-refractivity contribution is 4.80. The van der Waals surface area contributed by atoms with Gasteiger partial charge in [0.1, 0.15) is 0 Å². The van der Waals surface area contributed by atoms with E-state index in [1.54, 1.807) is 7.11 Å². The maximum atomic E-state index is 4.96. The highest BCUT2D eigenvalue weighted by atomic mass is 16.5. The molecule has 2 nitrogen and oxygen atoms in total. The van der Waals surface area contributed by atoms with E-state index in [0.29, 0.717) is 0 Å². The van der Waals surface area contributed by atoms with Gasteiger partial charge in [-0.25, -0.2) is 0 Å². The van der Waals surface area contributed by atoms with E-state index in [9.17, 15) is 0 Å². The van der Waals surface area contributed by atoms with Crippen LogP contribution in [0.3, 0.4) is 0 Å². The third kappa shape index (κ3) is 5.22. The predicted octanol–water partition coefficient (Wildman–Crippen LogP) is 1.56. The Kier molecular flexibility index (Phi) is 4.55. The minimum absolute atomic E-state index is 0.873. The molecule has 11 heavy (non-hydrogen) atoms. The molecule has 1 fully saturated rings. The Morgan fingerprint density at radius 2 is 2.09 bits per heavy atom. The van der Waals surface area contributed by atoms with Gasteiger partial charge in [-0.1, -0.05) is 0 Å². The van der Waals surface area contributed by atoms with E-state index in [-0.39, 0.29) is 0 Å².